The fourth-order valence-electron chi connectivity index (χ4n) is 3.08. The Labute approximate surface area is 124 Å². The van der Waals surface area contributed by atoms with Gasteiger partial charge < -0.3 is 11.1 Å². The molecule has 3 rings (SSSR count). The molecule has 1 amide bonds. The molecule has 0 bridgehead atoms. The molecule has 0 saturated heterocycles. The number of anilines is 1. The lowest BCUT2D eigenvalue weighted by molar-refractivity contribution is 0.0938. The molecule has 108 valence electrons. The van der Waals surface area contributed by atoms with Crippen molar-refractivity contribution in [3.05, 3.63) is 58.3 Å². The number of fused-ring (bicyclic) bond motifs is 1. The predicted octanol–water partition coefficient (Wildman–Crippen LogP) is 2.18. The second-order valence-corrected chi connectivity index (χ2v) is 5.69. The number of carbonyl (C=O) groups excluding carboxylic acids is 1. The highest BCUT2D eigenvalue weighted by Crippen LogP contribution is 2.23. The van der Waals surface area contributed by atoms with E-state index >= 15 is 0 Å². The van der Waals surface area contributed by atoms with Gasteiger partial charge in [0.15, 0.2) is 0 Å². The minimum absolute atomic E-state index is 0.129. The van der Waals surface area contributed by atoms with Crippen LogP contribution in [0.5, 0.6) is 0 Å². The number of carbonyl (C=O) groups is 1. The predicted molar refractivity (Wildman–Crippen MR) is 83.2 cm³/mol. The number of aryl methyl sites for hydroxylation is 2. The van der Waals surface area contributed by atoms with Crippen molar-refractivity contribution in [2.45, 2.75) is 32.7 Å². The summed E-state index contributed by atoms with van der Waals surface area (Å²) in [6.07, 6.45) is 1.75. The van der Waals surface area contributed by atoms with Crippen molar-refractivity contribution in [3.8, 4) is 0 Å². The molecule has 2 aromatic rings. The highest BCUT2D eigenvalue weighted by atomic mass is 16.1. The molecule has 4 nitrogen and oxygen atoms in total. The lowest BCUT2D eigenvalue weighted by Crippen LogP contribution is -2.36. The maximum Gasteiger partial charge on any atom is 0.255 e. The number of benzene rings is 1. The number of nitrogens with one attached hydrogen (secondary N) is 1. The smallest absolute Gasteiger partial charge is 0.255 e. The first kappa shape index (κ1) is 13.6. The zero-order valence-electron chi connectivity index (χ0n) is 12.3. The molecule has 0 aliphatic heterocycles. The van der Waals surface area contributed by atoms with Crippen LogP contribution in [-0.4, -0.2) is 16.9 Å². The van der Waals surface area contributed by atoms with Gasteiger partial charge in [-0.2, -0.15) is 0 Å². The molecular weight excluding hydrogens is 262 g/mol. The van der Waals surface area contributed by atoms with Crippen LogP contribution in [0, 0.1) is 13.8 Å². The topological polar surface area (TPSA) is 68.0 Å². The number of nitrogens with zero attached hydrogens (tertiary/aromatic N) is 1. The first-order chi connectivity index (χ1) is 10.0. The summed E-state index contributed by atoms with van der Waals surface area (Å²) in [4.78, 5) is 16.7. The Hall–Kier alpha value is -2.36. The van der Waals surface area contributed by atoms with E-state index in [2.05, 4.69) is 22.4 Å². The fourth-order valence-corrected chi connectivity index (χ4v) is 3.08. The van der Waals surface area contributed by atoms with E-state index in [0.29, 0.717) is 11.4 Å². The third kappa shape index (κ3) is 2.61. The maximum atomic E-state index is 12.5. The zero-order chi connectivity index (χ0) is 15.0. The molecule has 1 aliphatic carbocycles. The minimum Gasteiger partial charge on any atom is -0.383 e. The number of hydrogen-bond donors (Lipinski definition) is 2. The molecule has 1 heterocycles. The van der Waals surface area contributed by atoms with Crippen molar-refractivity contribution in [1.82, 2.24) is 10.3 Å². The van der Waals surface area contributed by atoms with Crippen molar-refractivity contribution in [2.75, 3.05) is 5.73 Å². The summed E-state index contributed by atoms with van der Waals surface area (Å²) in [6.45, 7) is 3.77. The minimum atomic E-state index is -0.129. The van der Waals surface area contributed by atoms with Gasteiger partial charge in [0.1, 0.15) is 5.82 Å². The Morgan fingerprint density at radius 1 is 1.24 bits per heavy atom. The Bertz CT molecular complexity index is 661. The van der Waals surface area contributed by atoms with E-state index in [4.69, 9.17) is 5.73 Å². The van der Waals surface area contributed by atoms with Crippen molar-refractivity contribution in [2.24, 2.45) is 0 Å². The van der Waals surface area contributed by atoms with Crippen LogP contribution in [0.2, 0.25) is 0 Å². The summed E-state index contributed by atoms with van der Waals surface area (Å²) in [5.41, 5.74) is 10.7. The SMILES string of the molecule is Cc1cc(C)c(C(=O)NC2Cc3ccccc3C2)c(N)n1. The van der Waals surface area contributed by atoms with Crippen molar-refractivity contribution in [1.29, 1.82) is 0 Å². The van der Waals surface area contributed by atoms with Crippen molar-refractivity contribution < 1.29 is 4.79 Å². The maximum absolute atomic E-state index is 12.5. The van der Waals surface area contributed by atoms with E-state index < -0.39 is 0 Å². The average molecular weight is 281 g/mol. The average Bonchev–Trinajstić information content (AvgIpc) is 2.79. The molecule has 0 fully saturated rings. The fraction of sp³-hybridized carbons (Fsp3) is 0.294. The molecule has 0 atom stereocenters. The molecule has 0 saturated carbocycles. The molecule has 21 heavy (non-hydrogen) atoms. The Morgan fingerprint density at radius 2 is 1.86 bits per heavy atom. The van der Waals surface area contributed by atoms with Gasteiger partial charge in [-0.25, -0.2) is 4.98 Å². The number of rotatable bonds is 2. The number of nitrogen functional groups attached to an aromatic ring is 1. The number of nitrogens with two attached hydrogens (primary N) is 1. The third-order valence-electron chi connectivity index (χ3n) is 3.99. The van der Waals surface area contributed by atoms with Gasteiger partial charge in [-0.3, -0.25) is 4.79 Å². The molecule has 1 aliphatic rings. The van der Waals surface area contributed by atoms with Crippen molar-refractivity contribution in [3.63, 3.8) is 0 Å². The summed E-state index contributed by atoms with van der Waals surface area (Å²) in [5, 5.41) is 3.08. The lowest BCUT2D eigenvalue weighted by atomic mass is 10.1. The van der Waals surface area contributed by atoms with E-state index in [0.717, 1.165) is 24.1 Å². The number of hydrogen-bond acceptors (Lipinski definition) is 3. The summed E-state index contributed by atoms with van der Waals surface area (Å²) in [7, 11) is 0. The largest absolute Gasteiger partial charge is 0.383 e. The van der Waals surface area contributed by atoms with E-state index in [9.17, 15) is 4.79 Å². The van der Waals surface area contributed by atoms with E-state index in [-0.39, 0.29) is 11.9 Å². The van der Waals surface area contributed by atoms with E-state index in [1.165, 1.54) is 11.1 Å². The molecule has 4 heteroatoms. The van der Waals surface area contributed by atoms with Gasteiger partial charge in [-0.1, -0.05) is 24.3 Å². The van der Waals surface area contributed by atoms with Crippen LogP contribution in [-0.2, 0) is 12.8 Å². The Balaban J connectivity index is 1.77. The molecule has 1 aromatic carbocycles. The molecule has 3 N–H and O–H groups in total. The molecular formula is C17H19N3O. The molecule has 0 spiro atoms. The number of amides is 1. The normalized spacial score (nSPS) is 14.0. The van der Waals surface area contributed by atoms with Crippen LogP contribution in [0.25, 0.3) is 0 Å². The van der Waals surface area contributed by atoms with Gasteiger partial charge in [0.25, 0.3) is 5.91 Å². The van der Waals surface area contributed by atoms with Crippen LogP contribution < -0.4 is 11.1 Å². The zero-order valence-corrected chi connectivity index (χ0v) is 12.3. The van der Waals surface area contributed by atoms with Crippen LogP contribution in [0.1, 0.15) is 32.7 Å². The standard InChI is InChI=1S/C17H19N3O/c1-10-7-11(2)19-16(18)15(10)17(21)20-14-8-12-5-3-4-6-13(12)9-14/h3-7,14H,8-9H2,1-2H3,(H2,18,19)(H,20,21). The second kappa shape index (κ2) is 5.20. The van der Waals surface area contributed by atoms with E-state index in [1.54, 1.807) is 0 Å². The van der Waals surface area contributed by atoms with Gasteiger partial charge in [0, 0.05) is 11.7 Å². The molecule has 0 unspecified atom stereocenters. The quantitative estimate of drug-likeness (QED) is 0.886. The summed E-state index contributed by atoms with van der Waals surface area (Å²) in [5.74, 6) is 0.177. The van der Waals surface area contributed by atoms with Gasteiger partial charge in [-0.15, -0.1) is 0 Å². The lowest BCUT2D eigenvalue weighted by Gasteiger charge is -2.15. The van der Waals surface area contributed by atoms with Crippen LogP contribution in [0.3, 0.4) is 0 Å². The number of aromatic nitrogens is 1. The first-order valence-electron chi connectivity index (χ1n) is 7.16. The number of pyridine rings is 1. The van der Waals surface area contributed by atoms with Gasteiger partial charge >= 0.3 is 0 Å². The summed E-state index contributed by atoms with van der Waals surface area (Å²) in [6, 6.07) is 10.3. The summed E-state index contributed by atoms with van der Waals surface area (Å²) < 4.78 is 0. The Morgan fingerprint density at radius 3 is 2.43 bits per heavy atom. The molecule has 0 radical (unpaired) electrons. The van der Waals surface area contributed by atoms with Crippen LogP contribution >= 0.6 is 0 Å². The first-order valence-corrected chi connectivity index (χ1v) is 7.16. The van der Waals surface area contributed by atoms with E-state index in [1.807, 2.05) is 32.0 Å². The van der Waals surface area contributed by atoms with Gasteiger partial charge in [0.05, 0.1) is 5.56 Å². The van der Waals surface area contributed by atoms with Gasteiger partial charge in [-0.05, 0) is 49.4 Å². The highest BCUT2D eigenvalue weighted by molar-refractivity contribution is 6.00. The molecule has 1 aromatic heterocycles. The van der Waals surface area contributed by atoms with Gasteiger partial charge in [0.2, 0.25) is 0 Å². The second-order valence-electron chi connectivity index (χ2n) is 5.69. The monoisotopic (exact) mass is 281 g/mol. The third-order valence-corrected chi connectivity index (χ3v) is 3.99. The van der Waals surface area contributed by atoms with Crippen LogP contribution in [0.4, 0.5) is 5.82 Å². The van der Waals surface area contributed by atoms with Crippen LogP contribution in [0.15, 0.2) is 30.3 Å². The summed E-state index contributed by atoms with van der Waals surface area (Å²) >= 11 is 0. The van der Waals surface area contributed by atoms with Crippen molar-refractivity contribution >= 4 is 11.7 Å². The Kier molecular flexibility index (Phi) is 3.37. The highest BCUT2D eigenvalue weighted by Gasteiger charge is 2.24.